The molecule has 0 amide bonds. The van der Waals surface area contributed by atoms with Crippen LogP contribution in [0.5, 0.6) is 0 Å². The molecule has 2 heterocycles. The number of nitrogens with zero attached hydrogens (tertiary/aromatic N) is 3. The minimum atomic E-state index is -0.561. The van der Waals surface area contributed by atoms with Gasteiger partial charge in [-0.15, -0.1) is 0 Å². The van der Waals surface area contributed by atoms with Gasteiger partial charge in [-0.3, -0.25) is 0 Å². The van der Waals surface area contributed by atoms with E-state index in [2.05, 4.69) is 9.97 Å². The predicted octanol–water partition coefficient (Wildman–Crippen LogP) is 0.992. The van der Waals surface area contributed by atoms with Crippen molar-refractivity contribution in [1.82, 2.24) is 9.97 Å². The van der Waals surface area contributed by atoms with Gasteiger partial charge in [0.2, 0.25) is 5.95 Å². The zero-order valence-electron chi connectivity index (χ0n) is 9.44. The first kappa shape index (κ1) is 10.4. The standard InChI is InChI=1S/C11H17N3O/c1-8(2)11(15)6-14(7-11)10-12-4-9(3)5-13-10/h4-5,8,15H,6-7H2,1-3H3. The van der Waals surface area contributed by atoms with E-state index >= 15 is 0 Å². The van der Waals surface area contributed by atoms with Crippen molar-refractivity contribution >= 4 is 5.95 Å². The highest BCUT2D eigenvalue weighted by atomic mass is 16.3. The van der Waals surface area contributed by atoms with E-state index in [4.69, 9.17) is 0 Å². The Morgan fingerprint density at radius 1 is 1.33 bits per heavy atom. The van der Waals surface area contributed by atoms with Gasteiger partial charge in [-0.1, -0.05) is 13.8 Å². The van der Waals surface area contributed by atoms with Crippen LogP contribution in [0.2, 0.25) is 0 Å². The fourth-order valence-electron chi connectivity index (χ4n) is 1.67. The minimum Gasteiger partial charge on any atom is -0.386 e. The van der Waals surface area contributed by atoms with Crippen LogP contribution >= 0.6 is 0 Å². The third-order valence-corrected chi connectivity index (χ3v) is 3.05. The van der Waals surface area contributed by atoms with Gasteiger partial charge in [0.25, 0.3) is 0 Å². The Kier molecular flexibility index (Phi) is 2.38. The van der Waals surface area contributed by atoms with Crippen molar-refractivity contribution in [2.24, 2.45) is 5.92 Å². The molecule has 0 atom stereocenters. The first-order valence-electron chi connectivity index (χ1n) is 5.27. The van der Waals surface area contributed by atoms with Crippen LogP contribution in [0.4, 0.5) is 5.95 Å². The molecule has 1 aliphatic heterocycles. The molecule has 1 aromatic rings. The quantitative estimate of drug-likeness (QED) is 0.785. The molecular formula is C11H17N3O. The van der Waals surface area contributed by atoms with Gasteiger partial charge in [0.05, 0.1) is 13.1 Å². The first-order chi connectivity index (χ1) is 7.01. The van der Waals surface area contributed by atoms with Gasteiger partial charge >= 0.3 is 0 Å². The Hall–Kier alpha value is -1.16. The summed E-state index contributed by atoms with van der Waals surface area (Å²) in [5.41, 5.74) is 0.493. The fraction of sp³-hybridized carbons (Fsp3) is 0.636. The summed E-state index contributed by atoms with van der Waals surface area (Å²) in [7, 11) is 0. The van der Waals surface area contributed by atoms with Crippen molar-refractivity contribution in [3.63, 3.8) is 0 Å². The van der Waals surface area contributed by atoms with Crippen LogP contribution in [0.3, 0.4) is 0 Å². The lowest BCUT2D eigenvalue weighted by Gasteiger charge is -2.48. The summed E-state index contributed by atoms with van der Waals surface area (Å²) >= 11 is 0. The highest BCUT2D eigenvalue weighted by molar-refractivity contribution is 5.37. The Labute approximate surface area is 90.0 Å². The lowest BCUT2D eigenvalue weighted by atomic mass is 9.83. The number of hydrogen-bond donors (Lipinski definition) is 1. The largest absolute Gasteiger partial charge is 0.386 e. The minimum absolute atomic E-state index is 0.277. The van der Waals surface area contributed by atoms with E-state index < -0.39 is 5.60 Å². The molecule has 0 saturated carbocycles. The second-order valence-corrected chi connectivity index (χ2v) is 4.67. The van der Waals surface area contributed by atoms with Crippen LogP contribution in [-0.4, -0.2) is 33.8 Å². The van der Waals surface area contributed by atoms with E-state index in [1.54, 1.807) is 12.4 Å². The highest BCUT2D eigenvalue weighted by Gasteiger charge is 2.44. The molecule has 0 radical (unpaired) electrons. The third kappa shape index (κ3) is 1.81. The maximum Gasteiger partial charge on any atom is 0.225 e. The molecule has 0 bridgehead atoms. The lowest BCUT2D eigenvalue weighted by molar-refractivity contribution is -0.0308. The summed E-state index contributed by atoms with van der Waals surface area (Å²) in [6.07, 6.45) is 3.60. The number of β-amino-alcohol motifs (C(OH)–C–C–N with tert-alkyl or cyclic N) is 1. The maximum absolute atomic E-state index is 10.1. The topological polar surface area (TPSA) is 49.2 Å². The second-order valence-electron chi connectivity index (χ2n) is 4.67. The van der Waals surface area contributed by atoms with Gasteiger partial charge < -0.3 is 10.0 Å². The summed E-state index contributed by atoms with van der Waals surface area (Å²) in [6.45, 7) is 7.30. The highest BCUT2D eigenvalue weighted by Crippen LogP contribution is 2.30. The maximum atomic E-state index is 10.1. The molecule has 82 valence electrons. The molecule has 1 aromatic heterocycles. The Morgan fingerprint density at radius 3 is 2.33 bits per heavy atom. The lowest BCUT2D eigenvalue weighted by Crippen LogP contribution is -2.65. The molecular weight excluding hydrogens is 190 g/mol. The van der Waals surface area contributed by atoms with Crippen molar-refractivity contribution in [3.05, 3.63) is 18.0 Å². The molecule has 1 N–H and O–H groups in total. The SMILES string of the molecule is Cc1cnc(N2CC(O)(C(C)C)C2)nc1. The van der Waals surface area contributed by atoms with Crippen molar-refractivity contribution in [2.75, 3.05) is 18.0 Å². The van der Waals surface area contributed by atoms with Crippen LogP contribution in [0.25, 0.3) is 0 Å². The molecule has 0 aromatic carbocycles. The van der Waals surface area contributed by atoms with Crippen LogP contribution < -0.4 is 4.90 Å². The van der Waals surface area contributed by atoms with E-state index in [1.165, 1.54) is 0 Å². The van der Waals surface area contributed by atoms with E-state index in [1.807, 2.05) is 25.7 Å². The molecule has 2 rings (SSSR count). The molecule has 0 unspecified atom stereocenters. The monoisotopic (exact) mass is 207 g/mol. The summed E-state index contributed by atoms with van der Waals surface area (Å²) in [5, 5.41) is 10.1. The second kappa shape index (κ2) is 3.45. The van der Waals surface area contributed by atoms with Crippen molar-refractivity contribution < 1.29 is 5.11 Å². The number of hydrogen-bond acceptors (Lipinski definition) is 4. The summed E-state index contributed by atoms with van der Waals surface area (Å²) in [4.78, 5) is 10.5. The summed E-state index contributed by atoms with van der Waals surface area (Å²) in [6, 6.07) is 0. The van der Waals surface area contributed by atoms with Gasteiger partial charge in [0.15, 0.2) is 0 Å². The third-order valence-electron chi connectivity index (χ3n) is 3.05. The zero-order chi connectivity index (χ0) is 11.1. The van der Waals surface area contributed by atoms with Crippen LogP contribution in [-0.2, 0) is 0 Å². The molecule has 4 nitrogen and oxygen atoms in total. The van der Waals surface area contributed by atoms with Crippen LogP contribution in [0.15, 0.2) is 12.4 Å². The molecule has 0 spiro atoms. The molecule has 4 heteroatoms. The number of aryl methyl sites for hydroxylation is 1. The number of aliphatic hydroxyl groups is 1. The number of rotatable bonds is 2. The number of anilines is 1. The van der Waals surface area contributed by atoms with Crippen molar-refractivity contribution in [2.45, 2.75) is 26.4 Å². The van der Waals surface area contributed by atoms with Crippen molar-refractivity contribution in [3.8, 4) is 0 Å². The Morgan fingerprint density at radius 2 is 1.87 bits per heavy atom. The van der Waals surface area contributed by atoms with Gasteiger partial charge in [-0.25, -0.2) is 9.97 Å². The normalized spacial score (nSPS) is 19.1. The predicted molar refractivity (Wildman–Crippen MR) is 58.8 cm³/mol. The molecule has 1 saturated heterocycles. The first-order valence-corrected chi connectivity index (χ1v) is 5.27. The van der Waals surface area contributed by atoms with E-state index in [0.717, 1.165) is 5.56 Å². The van der Waals surface area contributed by atoms with E-state index in [9.17, 15) is 5.11 Å². The average Bonchev–Trinajstić information content (AvgIpc) is 2.14. The van der Waals surface area contributed by atoms with Gasteiger partial charge in [0.1, 0.15) is 5.60 Å². The molecule has 0 aliphatic carbocycles. The summed E-state index contributed by atoms with van der Waals surface area (Å²) < 4.78 is 0. The zero-order valence-corrected chi connectivity index (χ0v) is 9.44. The Balaban J connectivity index is 2.03. The average molecular weight is 207 g/mol. The van der Waals surface area contributed by atoms with Crippen LogP contribution in [0.1, 0.15) is 19.4 Å². The smallest absolute Gasteiger partial charge is 0.225 e. The fourth-order valence-corrected chi connectivity index (χ4v) is 1.67. The van der Waals surface area contributed by atoms with Crippen molar-refractivity contribution in [1.29, 1.82) is 0 Å². The number of aromatic nitrogens is 2. The molecule has 15 heavy (non-hydrogen) atoms. The van der Waals surface area contributed by atoms with Gasteiger partial charge in [-0.2, -0.15) is 0 Å². The Bertz CT molecular complexity index is 341. The van der Waals surface area contributed by atoms with E-state index in [0.29, 0.717) is 19.0 Å². The van der Waals surface area contributed by atoms with Crippen LogP contribution in [0, 0.1) is 12.8 Å². The van der Waals surface area contributed by atoms with E-state index in [-0.39, 0.29) is 5.92 Å². The van der Waals surface area contributed by atoms with Gasteiger partial charge in [0, 0.05) is 12.4 Å². The van der Waals surface area contributed by atoms with Gasteiger partial charge in [-0.05, 0) is 18.4 Å². The summed E-state index contributed by atoms with van der Waals surface area (Å²) in [5.74, 6) is 0.991. The molecule has 1 aliphatic rings. The molecule has 1 fully saturated rings.